The van der Waals surface area contributed by atoms with E-state index in [1.165, 1.54) is 5.56 Å². The van der Waals surface area contributed by atoms with E-state index < -0.39 is 0 Å². The van der Waals surface area contributed by atoms with Crippen molar-refractivity contribution in [3.63, 3.8) is 0 Å². The van der Waals surface area contributed by atoms with Gasteiger partial charge < -0.3 is 9.47 Å². The van der Waals surface area contributed by atoms with E-state index in [1.54, 1.807) is 12.1 Å². The van der Waals surface area contributed by atoms with Gasteiger partial charge >= 0.3 is 0 Å². The van der Waals surface area contributed by atoms with Crippen molar-refractivity contribution in [3.8, 4) is 11.5 Å². The van der Waals surface area contributed by atoms with Crippen LogP contribution in [-0.2, 0) is 0 Å². The number of aldehydes is 1. The van der Waals surface area contributed by atoms with Crippen LogP contribution >= 0.6 is 15.9 Å². The van der Waals surface area contributed by atoms with E-state index >= 15 is 0 Å². The number of carbonyl (C=O) groups is 1. The Hall–Kier alpha value is -1.81. The molecule has 0 aliphatic carbocycles. The first-order valence-electron chi connectivity index (χ1n) is 6.87. The Labute approximate surface area is 132 Å². The maximum atomic E-state index is 10.7. The third kappa shape index (κ3) is 3.10. The van der Waals surface area contributed by atoms with Crippen molar-refractivity contribution >= 4 is 22.2 Å². The van der Waals surface area contributed by atoms with Crippen molar-refractivity contribution in [3.05, 3.63) is 58.1 Å². The third-order valence-electron chi connectivity index (χ3n) is 3.61. The molecule has 21 heavy (non-hydrogen) atoms. The van der Waals surface area contributed by atoms with Crippen LogP contribution in [0.5, 0.6) is 11.5 Å². The average Bonchev–Trinajstić information content (AvgIpc) is 2.53. The van der Waals surface area contributed by atoms with Crippen LogP contribution < -0.4 is 9.47 Å². The number of halogens is 1. The van der Waals surface area contributed by atoms with E-state index in [0.717, 1.165) is 35.3 Å². The number of hydrogen-bond donors (Lipinski definition) is 0. The molecule has 1 unspecified atom stereocenters. The molecule has 3 nitrogen and oxygen atoms in total. The van der Waals surface area contributed by atoms with Gasteiger partial charge in [-0.1, -0.05) is 18.2 Å². The summed E-state index contributed by atoms with van der Waals surface area (Å²) in [5.74, 6) is 2.03. The Morgan fingerprint density at radius 1 is 1.29 bits per heavy atom. The molecule has 0 aromatic heterocycles. The lowest BCUT2D eigenvalue weighted by atomic mass is 9.94. The first kappa shape index (κ1) is 14.1. The Morgan fingerprint density at radius 2 is 2.14 bits per heavy atom. The fourth-order valence-corrected chi connectivity index (χ4v) is 3.00. The summed E-state index contributed by atoms with van der Waals surface area (Å²) in [5, 5.41) is 0. The standard InChI is InChI=1S/C17H15BrO3/c18-15-9-12(10-19)5-6-17(15)21-11-13-7-8-20-16-4-2-1-3-14(13)16/h1-6,9-10,13H,7-8,11H2. The Kier molecular flexibility index (Phi) is 4.25. The van der Waals surface area contributed by atoms with Gasteiger partial charge in [-0.3, -0.25) is 4.79 Å². The summed E-state index contributed by atoms with van der Waals surface area (Å²) >= 11 is 3.44. The van der Waals surface area contributed by atoms with Gasteiger partial charge in [-0.05, 0) is 46.6 Å². The first-order valence-corrected chi connectivity index (χ1v) is 7.66. The zero-order valence-electron chi connectivity index (χ0n) is 11.4. The molecular formula is C17H15BrO3. The Morgan fingerprint density at radius 3 is 2.95 bits per heavy atom. The Bertz CT molecular complexity index is 654. The van der Waals surface area contributed by atoms with Crippen LogP contribution in [0.15, 0.2) is 46.9 Å². The highest BCUT2D eigenvalue weighted by Crippen LogP contribution is 2.34. The predicted octanol–water partition coefficient (Wildman–Crippen LogP) is 4.21. The van der Waals surface area contributed by atoms with Gasteiger partial charge in [0.05, 0.1) is 17.7 Å². The van der Waals surface area contributed by atoms with Crippen molar-refractivity contribution in [1.82, 2.24) is 0 Å². The van der Waals surface area contributed by atoms with E-state index in [0.29, 0.717) is 18.1 Å². The summed E-state index contributed by atoms with van der Waals surface area (Å²) in [6.07, 6.45) is 1.77. The monoisotopic (exact) mass is 346 g/mol. The fraction of sp³-hybridized carbons (Fsp3) is 0.235. The van der Waals surface area contributed by atoms with E-state index in [9.17, 15) is 4.79 Å². The molecule has 2 aromatic carbocycles. The second-order valence-electron chi connectivity index (χ2n) is 4.99. The number of hydrogen-bond acceptors (Lipinski definition) is 3. The Balaban J connectivity index is 1.73. The molecule has 0 saturated heterocycles. The van der Waals surface area contributed by atoms with Gasteiger partial charge in [-0.15, -0.1) is 0 Å². The summed E-state index contributed by atoms with van der Waals surface area (Å²) < 4.78 is 12.4. The SMILES string of the molecule is O=Cc1ccc(OCC2CCOc3ccccc32)c(Br)c1. The average molecular weight is 347 g/mol. The van der Waals surface area contributed by atoms with Crippen LogP contribution in [0, 0.1) is 0 Å². The van der Waals surface area contributed by atoms with Crippen LogP contribution in [0.2, 0.25) is 0 Å². The topological polar surface area (TPSA) is 35.5 Å². The van der Waals surface area contributed by atoms with E-state index in [1.807, 2.05) is 24.3 Å². The molecule has 3 rings (SSSR count). The zero-order valence-corrected chi connectivity index (χ0v) is 13.0. The maximum absolute atomic E-state index is 10.7. The van der Waals surface area contributed by atoms with Crippen molar-refractivity contribution in [2.45, 2.75) is 12.3 Å². The summed E-state index contributed by atoms with van der Waals surface area (Å²) in [7, 11) is 0. The van der Waals surface area contributed by atoms with Crippen LogP contribution in [0.4, 0.5) is 0 Å². The molecule has 0 N–H and O–H groups in total. The van der Waals surface area contributed by atoms with E-state index in [2.05, 4.69) is 22.0 Å². The normalized spacial score (nSPS) is 16.7. The molecule has 0 spiro atoms. The molecule has 1 aliphatic rings. The third-order valence-corrected chi connectivity index (χ3v) is 4.23. The lowest BCUT2D eigenvalue weighted by Crippen LogP contribution is -2.19. The molecule has 108 valence electrons. The molecule has 2 aromatic rings. The van der Waals surface area contributed by atoms with Gasteiger partial charge in [0.25, 0.3) is 0 Å². The van der Waals surface area contributed by atoms with Crippen LogP contribution in [0.3, 0.4) is 0 Å². The van der Waals surface area contributed by atoms with Crippen molar-refractivity contribution < 1.29 is 14.3 Å². The van der Waals surface area contributed by atoms with Gasteiger partial charge in [0.1, 0.15) is 17.8 Å². The molecule has 1 heterocycles. The van der Waals surface area contributed by atoms with Crippen molar-refractivity contribution in [2.24, 2.45) is 0 Å². The number of carbonyl (C=O) groups excluding carboxylic acids is 1. The molecule has 0 radical (unpaired) electrons. The second-order valence-corrected chi connectivity index (χ2v) is 5.84. The molecule has 4 heteroatoms. The molecule has 0 bridgehead atoms. The number of ether oxygens (including phenoxy) is 2. The number of fused-ring (bicyclic) bond motifs is 1. The van der Waals surface area contributed by atoms with E-state index in [-0.39, 0.29) is 0 Å². The minimum Gasteiger partial charge on any atom is -0.493 e. The summed E-state index contributed by atoms with van der Waals surface area (Å²) in [6.45, 7) is 1.32. The minimum atomic E-state index is 0.326. The van der Waals surface area contributed by atoms with Gasteiger partial charge in [-0.2, -0.15) is 0 Å². The highest BCUT2D eigenvalue weighted by molar-refractivity contribution is 9.10. The minimum absolute atomic E-state index is 0.326. The molecule has 0 fully saturated rings. The second kappa shape index (κ2) is 6.31. The highest BCUT2D eigenvalue weighted by atomic mass is 79.9. The van der Waals surface area contributed by atoms with Crippen LogP contribution in [-0.4, -0.2) is 19.5 Å². The quantitative estimate of drug-likeness (QED) is 0.778. The van der Waals surface area contributed by atoms with E-state index in [4.69, 9.17) is 9.47 Å². The fourth-order valence-electron chi connectivity index (χ4n) is 2.49. The molecule has 1 aliphatic heterocycles. The first-order chi connectivity index (χ1) is 10.3. The number of para-hydroxylation sites is 1. The smallest absolute Gasteiger partial charge is 0.150 e. The van der Waals surface area contributed by atoms with Gasteiger partial charge in [0.15, 0.2) is 0 Å². The van der Waals surface area contributed by atoms with Crippen LogP contribution in [0.1, 0.15) is 28.3 Å². The molecule has 0 saturated carbocycles. The van der Waals surface area contributed by atoms with Gasteiger partial charge in [0.2, 0.25) is 0 Å². The summed E-state index contributed by atoms with van der Waals surface area (Å²) in [5.41, 5.74) is 1.83. The van der Waals surface area contributed by atoms with Crippen LogP contribution in [0.25, 0.3) is 0 Å². The van der Waals surface area contributed by atoms with Gasteiger partial charge in [0, 0.05) is 17.0 Å². The summed E-state index contributed by atoms with van der Waals surface area (Å²) in [4.78, 5) is 10.7. The van der Waals surface area contributed by atoms with Crippen molar-refractivity contribution in [1.29, 1.82) is 0 Å². The maximum Gasteiger partial charge on any atom is 0.150 e. The van der Waals surface area contributed by atoms with Gasteiger partial charge in [-0.25, -0.2) is 0 Å². The summed E-state index contributed by atoms with van der Waals surface area (Å²) in [6, 6.07) is 13.4. The lowest BCUT2D eigenvalue weighted by Gasteiger charge is -2.26. The lowest BCUT2D eigenvalue weighted by molar-refractivity contribution is 0.112. The molecule has 1 atom stereocenters. The predicted molar refractivity (Wildman–Crippen MR) is 84.3 cm³/mol. The molecule has 0 amide bonds. The van der Waals surface area contributed by atoms with Crippen molar-refractivity contribution in [2.75, 3.05) is 13.2 Å². The highest BCUT2D eigenvalue weighted by Gasteiger charge is 2.21. The number of benzene rings is 2. The zero-order chi connectivity index (χ0) is 14.7. The largest absolute Gasteiger partial charge is 0.493 e. The number of rotatable bonds is 4. The molecular weight excluding hydrogens is 332 g/mol.